The van der Waals surface area contributed by atoms with Gasteiger partial charge in [0.25, 0.3) is 0 Å². The molecule has 0 aliphatic carbocycles. The Kier molecular flexibility index (Phi) is 1.39. The molecule has 0 aromatic heterocycles. The van der Waals surface area contributed by atoms with Crippen LogP contribution in [0.2, 0.25) is 0 Å². The van der Waals surface area contributed by atoms with Gasteiger partial charge in [-0.15, -0.1) is 4.41 Å². The lowest BCUT2D eigenvalue weighted by Crippen LogP contribution is -2.39. The fourth-order valence-electron chi connectivity index (χ4n) is 0.360. The Morgan fingerprint density at radius 3 is 2.62 bits per heavy atom. The number of hydrazine groups is 2. The maximum absolute atomic E-state index is 8.70. The molecule has 0 saturated heterocycles. The molecule has 6 heteroatoms. The van der Waals surface area contributed by atoms with Crippen LogP contribution in [0.15, 0.2) is 4.99 Å². The Bertz CT molecular complexity index is 105. The second kappa shape index (κ2) is 1.90. The maximum atomic E-state index is 8.70. The van der Waals surface area contributed by atoms with E-state index in [0.717, 1.165) is 9.53 Å². The Morgan fingerprint density at radius 2 is 2.50 bits per heavy atom. The van der Waals surface area contributed by atoms with Crippen LogP contribution in [-0.2, 0) is 0 Å². The minimum Gasteiger partial charge on any atom is -0.357 e. The molecule has 0 saturated carbocycles. The topological polar surface area (TPSA) is 65.1 Å². The van der Waals surface area contributed by atoms with Crippen LogP contribution in [0, 0.1) is 0 Å². The lowest BCUT2D eigenvalue weighted by Gasteiger charge is -2.17. The molecule has 3 N–H and O–H groups in total. The van der Waals surface area contributed by atoms with E-state index in [-0.39, 0.29) is 0 Å². The van der Waals surface area contributed by atoms with Crippen molar-refractivity contribution in [3.8, 4) is 0 Å². The van der Waals surface area contributed by atoms with Crippen LogP contribution in [0.3, 0.4) is 0 Å². The summed E-state index contributed by atoms with van der Waals surface area (Å²) in [5.74, 6) is 5.14. The van der Waals surface area contributed by atoms with E-state index in [1.165, 1.54) is 6.34 Å². The Balaban J connectivity index is 2.55. The van der Waals surface area contributed by atoms with Gasteiger partial charge in [-0.25, -0.2) is 16.0 Å². The van der Waals surface area contributed by atoms with Crippen LogP contribution in [0.5, 0.6) is 0 Å². The van der Waals surface area contributed by atoms with Crippen molar-refractivity contribution in [3.05, 3.63) is 0 Å². The highest BCUT2D eigenvalue weighted by Crippen LogP contribution is 2.06. The van der Waals surface area contributed by atoms with Gasteiger partial charge in [-0.3, -0.25) is 0 Å². The largest absolute Gasteiger partial charge is 0.357 e. The Labute approximate surface area is 51.9 Å². The highest BCUT2D eigenvalue weighted by molar-refractivity contribution is 7.77. The minimum atomic E-state index is -0.941. The van der Waals surface area contributed by atoms with E-state index in [2.05, 4.69) is 17.8 Å². The lowest BCUT2D eigenvalue weighted by atomic mass is 11.1. The molecule has 1 atom stereocenters. The van der Waals surface area contributed by atoms with Gasteiger partial charge in [0, 0.05) is 0 Å². The van der Waals surface area contributed by atoms with Crippen LogP contribution >= 0.6 is 12.8 Å². The number of thiol groups is 1. The van der Waals surface area contributed by atoms with Crippen molar-refractivity contribution in [2.24, 2.45) is 10.8 Å². The third kappa shape index (κ3) is 0.781. The number of aliphatic hydroxyl groups is 1. The van der Waals surface area contributed by atoms with Crippen LogP contribution in [-0.4, -0.2) is 27.3 Å². The van der Waals surface area contributed by atoms with Crippen molar-refractivity contribution in [1.29, 1.82) is 0 Å². The normalized spacial score (nSPS) is 29.9. The van der Waals surface area contributed by atoms with Gasteiger partial charge in [0.15, 0.2) is 0 Å². The van der Waals surface area contributed by atoms with Gasteiger partial charge >= 0.3 is 0 Å². The van der Waals surface area contributed by atoms with Gasteiger partial charge in [0.1, 0.15) is 6.34 Å². The molecule has 1 aliphatic heterocycles. The van der Waals surface area contributed by atoms with Gasteiger partial charge in [-0.05, 0) is 0 Å². The second-order valence-electron chi connectivity index (χ2n) is 1.31. The number of rotatable bonds is 0. The van der Waals surface area contributed by atoms with E-state index in [4.69, 9.17) is 10.9 Å². The molecule has 1 heterocycles. The number of aliphatic imine (C=N–C) groups is 1. The predicted octanol–water partition coefficient (Wildman–Crippen LogP) is -1.46. The van der Waals surface area contributed by atoms with E-state index >= 15 is 0 Å². The number of nitrogens with zero attached hydrogens (tertiary/aromatic N) is 3. The molecule has 0 bridgehead atoms. The summed E-state index contributed by atoms with van der Waals surface area (Å²) in [4.78, 5) is 3.48. The summed E-state index contributed by atoms with van der Waals surface area (Å²) in [6, 6.07) is 0. The molecule has 1 unspecified atom stereocenters. The summed E-state index contributed by atoms with van der Waals surface area (Å²) in [5.41, 5.74) is 0. The van der Waals surface area contributed by atoms with E-state index in [0.29, 0.717) is 0 Å². The minimum absolute atomic E-state index is 0.941. The summed E-state index contributed by atoms with van der Waals surface area (Å²) in [7, 11) is 0. The average molecular weight is 134 g/mol. The molecule has 46 valence electrons. The van der Waals surface area contributed by atoms with Crippen molar-refractivity contribution in [2.45, 2.75) is 6.35 Å². The van der Waals surface area contributed by atoms with E-state index < -0.39 is 6.35 Å². The molecule has 0 fully saturated rings. The lowest BCUT2D eigenvalue weighted by molar-refractivity contribution is 0.0103. The molecular weight excluding hydrogens is 128 g/mol. The summed E-state index contributed by atoms with van der Waals surface area (Å²) in [5, 5.41) is 9.78. The molecule has 1 aliphatic rings. The number of aliphatic hydroxyl groups excluding tert-OH is 1. The van der Waals surface area contributed by atoms with Gasteiger partial charge in [0.2, 0.25) is 6.35 Å². The zero-order valence-electron chi connectivity index (χ0n) is 3.97. The molecule has 0 aromatic carbocycles. The molecule has 0 spiro atoms. The monoisotopic (exact) mass is 134 g/mol. The zero-order chi connectivity index (χ0) is 6.15. The van der Waals surface area contributed by atoms with Crippen molar-refractivity contribution in [1.82, 2.24) is 9.53 Å². The van der Waals surface area contributed by atoms with E-state index in [1.807, 2.05) is 0 Å². The van der Waals surface area contributed by atoms with Crippen molar-refractivity contribution in [2.75, 3.05) is 0 Å². The number of nitrogens with two attached hydrogens (primary N) is 1. The Hall–Kier alpha value is -0.300. The smallest absolute Gasteiger partial charge is 0.233 e. The van der Waals surface area contributed by atoms with Gasteiger partial charge in [-0.1, -0.05) is 12.8 Å². The fourth-order valence-corrected chi connectivity index (χ4v) is 0.466. The summed E-state index contributed by atoms with van der Waals surface area (Å²) in [6.07, 6.45) is 0.334. The first-order valence-corrected chi connectivity index (χ1v) is 2.35. The van der Waals surface area contributed by atoms with Gasteiger partial charge in [0.05, 0.1) is 0 Å². The van der Waals surface area contributed by atoms with Crippen molar-refractivity contribution in [3.63, 3.8) is 0 Å². The SMILES string of the molecule is NN1C=NC(O)N1S. The predicted molar refractivity (Wildman–Crippen MR) is 31.4 cm³/mol. The molecule has 0 radical (unpaired) electrons. The molecule has 0 aromatic rings. The highest BCUT2D eigenvalue weighted by Gasteiger charge is 2.19. The van der Waals surface area contributed by atoms with E-state index in [1.54, 1.807) is 0 Å². The summed E-state index contributed by atoms with van der Waals surface area (Å²) < 4.78 is 1.08. The van der Waals surface area contributed by atoms with Gasteiger partial charge in [-0.2, -0.15) is 0 Å². The summed E-state index contributed by atoms with van der Waals surface area (Å²) >= 11 is 3.74. The zero-order valence-corrected chi connectivity index (χ0v) is 4.86. The molecule has 8 heavy (non-hydrogen) atoms. The third-order valence-corrected chi connectivity index (χ3v) is 1.17. The maximum Gasteiger partial charge on any atom is 0.233 e. The second-order valence-corrected chi connectivity index (χ2v) is 1.72. The van der Waals surface area contributed by atoms with E-state index in [9.17, 15) is 0 Å². The Morgan fingerprint density at radius 1 is 1.88 bits per heavy atom. The van der Waals surface area contributed by atoms with Crippen LogP contribution in [0.25, 0.3) is 0 Å². The first-order valence-electron chi connectivity index (χ1n) is 1.95. The quantitative estimate of drug-likeness (QED) is 0.280. The first kappa shape index (κ1) is 5.83. The standard InChI is InChI=1S/C2H6N4OS/c3-5-1-4-2(7)6(5)8/h1-2,7-8H,3H2. The van der Waals surface area contributed by atoms with Gasteiger partial charge < -0.3 is 5.11 Å². The molecule has 5 nitrogen and oxygen atoms in total. The van der Waals surface area contributed by atoms with Crippen molar-refractivity contribution < 1.29 is 5.11 Å². The van der Waals surface area contributed by atoms with Crippen LogP contribution < -0.4 is 5.84 Å². The summed E-state index contributed by atoms with van der Waals surface area (Å²) in [6.45, 7) is 0. The first-order chi connectivity index (χ1) is 3.72. The molecule has 0 amide bonds. The van der Waals surface area contributed by atoms with Crippen LogP contribution in [0.4, 0.5) is 0 Å². The fraction of sp³-hybridized carbons (Fsp3) is 0.500. The number of hydrogen-bond donors (Lipinski definition) is 3. The molecular formula is C2H6N4OS. The number of hydrogen-bond acceptors (Lipinski definition) is 6. The van der Waals surface area contributed by atoms with Crippen molar-refractivity contribution >= 4 is 19.2 Å². The molecule has 1 rings (SSSR count). The third-order valence-electron chi connectivity index (χ3n) is 0.761. The van der Waals surface area contributed by atoms with Crippen LogP contribution in [0.1, 0.15) is 0 Å². The highest BCUT2D eigenvalue weighted by atomic mass is 32.1. The average Bonchev–Trinajstić information content (AvgIpc) is 1.98.